The summed E-state index contributed by atoms with van der Waals surface area (Å²) in [6, 6.07) is 17.5. The Morgan fingerprint density at radius 1 is 0.917 bits per heavy atom. The number of benzene rings is 2. The second-order valence-corrected chi connectivity index (χ2v) is 8.24. The maximum absolute atomic E-state index is 3.93. The van der Waals surface area contributed by atoms with Crippen molar-refractivity contribution in [2.75, 3.05) is 5.09 Å². The van der Waals surface area contributed by atoms with Crippen LogP contribution < -0.4 is 10.4 Å². The van der Waals surface area contributed by atoms with Crippen LogP contribution in [-0.4, -0.2) is 5.29 Å². The maximum atomic E-state index is 3.93. The highest BCUT2D eigenvalue weighted by Gasteiger charge is 2.23. The van der Waals surface area contributed by atoms with Gasteiger partial charge in [0.2, 0.25) is 0 Å². The zero-order chi connectivity index (χ0) is 16.9. The zero-order valence-corrected chi connectivity index (χ0v) is 15.6. The van der Waals surface area contributed by atoms with Crippen molar-refractivity contribution >= 4 is 24.0 Å². The first-order valence-corrected chi connectivity index (χ1v) is 10.00. The molecule has 0 saturated carbocycles. The van der Waals surface area contributed by atoms with E-state index in [1.165, 1.54) is 27.4 Å². The summed E-state index contributed by atoms with van der Waals surface area (Å²) in [5.74, 6) is 0.506. The molecule has 1 atom stereocenters. The van der Waals surface area contributed by atoms with Gasteiger partial charge >= 0.3 is 0 Å². The summed E-state index contributed by atoms with van der Waals surface area (Å²) in [6.07, 6.45) is 9.77. The van der Waals surface area contributed by atoms with Crippen LogP contribution in [0, 0.1) is 0 Å². The lowest BCUT2D eigenvalue weighted by Gasteiger charge is -2.15. The highest BCUT2D eigenvalue weighted by molar-refractivity contribution is 7.68. The largest absolute Gasteiger partial charge is 0.255 e. The molecule has 3 rings (SSSR count). The van der Waals surface area contributed by atoms with Gasteiger partial charge in [-0.3, -0.25) is 0 Å². The second-order valence-electron chi connectivity index (χ2n) is 6.32. The third-order valence-corrected chi connectivity index (χ3v) is 6.40. The Kier molecular flexibility index (Phi) is 5.33. The van der Waals surface area contributed by atoms with Crippen LogP contribution in [0.2, 0.25) is 0 Å². The average Bonchev–Trinajstić information content (AvgIpc) is 3.14. The van der Waals surface area contributed by atoms with Gasteiger partial charge in [0.05, 0.1) is 5.69 Å². The van der Waals surface area contributed by atoms with Crippen LogP contribution in [0.4, 0.5) is 5.69 Å². The van der Waals surface area contributed by atoms with E-state index in [9.17, 15) is 0 Å². The number of hydrogen-bond acceptors (Lipinski definition) is 1. The van der Waals surface area contributed by atoms with Gasteiger partial charge in [0.1, 0.15) is 0 Å². The number of para-hydroxylation sites is 1. The summed E-state index contributed by atoms with van der Waals surface area (Å²) in [5.41, 5.74) is 4.13. The average molecular weight is 334 g/mol. The summed E-state index contributed by atoms with van der Waals surface area (Å²) in [5, 5.41) is 6.66. The number of nitrogens with one attached hydrogen (secondary N) is 1. The van der Waals surface area contributed by atoms with E-state index in [-0.39, 0.29) is 0 Å². The standard InChI is InChI=1S/C22H25NP/c1-4-18-11-10-16-21(17(2)3)22(18)23-24(20-14-8-9-15-20)19-12-6-5-7-13-19/h5-17,23H,4H2,1-3H3/q+1. The van der Waals surface area contributed by atoms with Crippen molar-refractivity contribution in [3.05, 3.63) is 84.0 Å². The Labute approximate surface area is 146 Å². The normalized spacial score (nSPS) is 13.7. The molecule has 0 bridgehead atoms. The molecule has 1 unspecified atom stereocenters. The van der Waals surface area contributed by atoms with Crippen molar-refractivity contribution in [1.82, 2.24) is 0 Å². The SMILES string of the molecule is CCc1cccc(C(C)C)c1N[P+](=C1C=CC=C1)c1ccccc1. The molecule has 0 aliphatic heterocycles. The maximum Gasteiger partial charge on any atom is 0.255 e. The molecule has 1 N–H and O–H groups in total. The monoisotopic (exact) mass is 334 g/mol. The molecule has 2 aromatic rings. The second kappa shape index (κ2) is 7.64. The van der Waals surface area contributed by atoms with Gasteiger partial charge in [-0.25, -0.2) is 5.09 Å². The molecular formula is C22H25NP+. The van der Waals surface area contributed by atoms with E-state index in [0.717, 1.165) is 6.42 Å². The predicted molar refractivity (Wildman–Crippen MR) is 110 cm³/mol. The lowest BCUT2D eigenvalue weighted by Crippen LogP contribution is -2.09. The Balaban J connectivity index is 2.12. The van der Waals surface area contributed by atoms with Gasteiger partial charge in [0, 0.05) is 0 Å². The van der Waals surface area contributed by atoms with Crippen molar-refractivity contribution in [3.63, 3.8) is 0 Å². The third kappa shape index (κ3) is 3.52. The van der Waals surface area contributed by atoms with Crippen LogP contribution in [-0.2, 0) is 6.42 Å². The van der Waals surface area contributed by atoms with E-state index in [1.54, 1.807) is 0 Å². The van der Waals surface area contributed by atoms with E-state index in [0.29, 0.717) is 5.92 Å². The van der Waals surface area contributed by atoms with Crippen LogP contribution >= 0.6 is 7.70 Å². The molecule has 2 aromatic carbocycles. The van der Waals surface area contributed by atoms with Gasteiger partial charge in [-0.2, -0.15) is 0 Å². The van der Waals surface area contributed by atoms with Crippen LogP contribution in [0.15, 0.2) is 72.8 Å². The highest BCUT2D eigenvalue weighted by Crippen LogP contribution is 2.36. The molecule has 0 fully saturated rings. The van der Waals surface area contributed by atoms with Gasteiger partial charge in [0.25, 0.3) is 7.70 Å². The van der Waals surface area contributed by atoms with Gasteiger partial charge in [-0.05, 0) is 47.8 Å². The number of allylic oxidation sites excluding steroid dienone is 4. The van der Waals surface area contributed by atoms with Gasteiger partial charge < -0.3 is 0 Å². The molecule has 122 valence electrons. The topological polar surface area (TPSA) is 12.0 Å². The Bertz CT molecular complexity index is 784. The molecule has 2 heteroatoms. The lowest BCUT2D eigenvalue weighted by molar-refractivity contribution is 0.866. The zero-order valence-electron chi connectivity index (χ0n) is 14.7. The van der Waals surface area contributed by atoms with Crippen LogP contribution in [0.1, 0.15) is 37.8 Å². The molecule has 0 heterocycles. The molecule has 0 spiro atoms. The highest BCUT2D eigenvalue weighted by atomic mass is 31.1. The van der Waals surface area contributed by atoms with Gasteiger partial charge in [-0.1, -0.05) is 69.3 Å². The summed E-state index contributed by atoms with van der Waals surface area (Å²) in [7, 11) is -0.603. The van der Waals surface area contributed by atoms with Crippen LogP contribution in [0.25, 0.3) is 0 Å². The van der Waals surface area contributed by atoms with E-state index in [2.05, 4.69) is 98.7 Å². The van der Waals surface area contributed by atoms with Gasteiger partial charge in [0.15, 0.2) is 10.6 Å². The molecule has 0 aromatic heterocycles. The molecular weight excluding hydrogens is 309 g/mol. The van der Waals surface area contributed by atoms with E-state index in [1.807, 2.05) is 0 Å². The minimum absolute atomic E-state index is 0.506. The Morgan fingerprint density at radius 2 is 1.62 bits per heavy atom. The fraction of sp³-hybridized carbons (Fsp3) is 0.227. The lowest BCUT2D eigenvalue weighted by atomic mass is 9.97. The van der Waals surface area contributed by atoms with Crippen molar-refractivity contribution in [2.45, 2.75) is 33.1 Å². The Hall–Kier alpha value is -2.11. The van der Waals surface area contributed by atoms with Crippen molar-refractivity contribution < 1.29 is 0 Å². The first kappa shape index (κ1) is 16.7. The number of anilines is 1. The van der Waals surface area contributed by atoms with E-state index in [4.69, 9.17) is 0 Å². The van der Waals surface area contributed by atoms with Crippen LogP contribution in [0.5, 0.6) is 0 Å². The quantitative estimate of drug-likeness (QED) is 0.681. The smallest absolute Gasteiger partial charge is 0.207 e. The predicted octanol–water partition coefficient (Wildman–Crippen LogP) is 5.81. The van der Waals surface area contributed by atoms with Crippen molar-refractivity contribution in [2.24, 2.45) is 0 Å². The van der Waals surface area contributed by atoms with Crippen LogP contribution in [0.3, 0.4) is 0 Å². The molecule has 0 amide bonds. The summed E-state index contributed by atoms with van der Waals surface area (Å²) in [4.78, 5) is 0. The first-order valence-electron chi connectivity index (χ1n) is 8.66. The first-order chi connectivity index (χ1) is 11.7. The third-order valence-electron chi connectivity index (χ3n) is 4.33. The van der Waals surface area contributed by atoms with E-state index >= 15 is 0 Å². The number of rotatable bonds is 5. The van der Waals surface area contributed by atoms with Crippen molar-refractivity contribution in [1.29, 1.82) is 0 Å². The molecule has 0 saturated heterocycles. The summed E-state index contributed by atoms with van der Waals surface area (Å²) < 4.78 is 0. The minimum atomic E-state index is -0.603. The minimum Gasteiger partial charge on any atom is -0.207 e. The fourth-order valence-corrected chi connectivity index (χ4v) is 5.01. The molecule has 1 nitrogen and oxygen atoms in total. The molecule has 0 radical (unpaired) electrons. The molecule has 1 aliphatic rings. The van der Waals surface area contributed by atoms with Gasteiger partial charge in [-0.15, -0.1) is 0 Å². The number of aryl methyl sites for hydroxylation is 1. The summed E-state index contributed by atoms with van der Waals surface area (Å²) >= 11 is 0. The number of hydrogen-bond donors (Lipinski definition) is 1. The molecule has 1 aliphatic carbocycles. The Morgan fingerprint density at radius 3 is 2.25 bits per heavy atom. The van der Waals surface area contributed by atoms with E-state index < -0.39 is 7.70 Å². The van der Waals surface area contributed by atoms with Crippen molar-refractivity contribution in [3.8, 4) is 0 Å². The molecule has 24 heavy (non-hydrogen) atoms. The summed E-state index contributed by atoms with van der Waals surface area (Å²) in [6.45, 7) is 6.78. The fourth-order valence-electron chi connectivity index (χ4n) is 3.01.